The minimum Gasteiger partial charge on any atom is -0.377 e. The number of morpholine rings is 1. The summed E-state index contributed by atoms with van der Waals surface area (Å²) in [6, 6.07) is 0.202. The average Bonchev–Trinajstić information content (AvgIpc) is 2.15. The van der Waals surface area contributed by atoms with Crippen molar-refractivity contribution in [2.24, 2.45) is 0 Å². The van der Waals surface area contributed by atoms with Crippen LogP contribution in [0.2, 0.25) is 0 Å². The maximum Gasteiger partial charge on any atom is 0.247 e. The maximum absolute atomic E-state index is 11.5. The van der Waals surface area contributed by atoms with Crippen molar-refractivity contribution < 1.29 is 9.53 Å². The van der Waals surface area contributed by atoms with E-state index >= 15 is 0 Å². The molecule has 1 rings (SSSR count). The lowest BCUT2D eigenvalue weighted by molar-refractivity contribution is -0.133. The van der Waals surface area contributed by atoms with Crippen molar-refractivity contribution in [3.8, 4) is 0 Å². The Hall–Kier alpha value is -0.480. The van der Waals surface area contributed by atoms with E-state index in [1.807, 2.05) is 23.5 Å². The molecule has 1 heterocycles. The average molecular weight is 201 g/mol. The van der Waals surface area contributed by atoms with Crippen molar-refractivity contribution >= 4 is 17.7 Å². The highest BCUT2D eigenvalue weighted by Crippen LogP contribution is 2.07. The lowest BCUT2D eigenvalue weighted by atomic mass is 10.2. The third-order valence-electron chi connectivity index (χ3n) is 2.00. The molecule has 0 saturated carbocycles. The fourth-order valence-corrected chi connectivity index (χ4v) is 1.53. The first kappa shape index (κ1) is 10.6. The molecule has 1 saturated heterocycles. The van der Waals surface area contributed by atoms with E-state index in [-0.39, 0.29) is 11.9 Å². The number of rotatable bonds is 2. The predicted molar refractivity (Wildman–Crippen MR) is 54.6 cm³/mol. The highest BCUT2D eigenvalue weighted by molar-refractivity contribution is 8.01. The van der Waals surface area contributed by atoms with Crippen molar-refractivity contribution in [3.63, 3.8) is 0 Å². The standard InChI is InChI=1S/C9H15NO2S/c1-8-7-12-5-4-10(8)9(11)3-6-13-2/h3,6,8H,4-5,7H2,1-2H3/b6-3+/t8-/m1/s1. The van der Waals surface area contributed by atoms with Gasteiger partial charge in [0.25, 0.3) is 0 Å². The summed E-state index contributed by atoms with van der Waals surface area (Å²) < 4.78 is 5.24. The molecule has 0 radical (unpaired) electrons. The van der Waals surface area contributed by atoms with Crippen LogP contribution in [0.5, 0.6) is 0 Å². The molecule has 3 nitrogen and oxygen atoms in total. The SMILES string of the molecule is CS/C=C/C(=O)N1CCOC[C@H]1C. The molecule has 1 aliphatic heterocycles. The van der Waals surface area contributed by atoms with Crippen LogP contribution < -0.4 is 0 Å². The molecule has 0 aromatic carbocycles. The normalized spacial score (nSPS) is 23.8. The number of carbonyl (C=O) groups excluding carboxylic acids is 1. The van der Waals surface area contributed by atoms with E-state index in [1.165, 1.54) is 11.8 Å². The van der Waals surface area contributed by atoms with Gasteiger partial charge in [0.1, 0.15) is 0 Å². The van der Waals surface area contributed by atoms with Gasteiger partial charge in [0.05, 0.1) is 19.3 Å². The third-order valence-corrected chi connectivity index (χ3v) is 2.41. The van der Waals surface area contributed by atoms with Gasteiger partial charge >= 0.3 is 0 Å². The van der Waals surface area contributed by atoms with Crippen LogP contribution in [-0.2, 0) is 9.53 Å². The molecule has 74 valence electrons. The van der Waals surface area contributed by atoms with Gasteiger partial charge in [-0.15, -0.1) is 11.8 Å². The quantitative estimate of drug-likeness (QED) is 0.627. The van der Waals surface area contributed by atoms with E-state index in [0.29, 0.717) is 19.8 Å². The molecular weight excluding hydrogens is 186 g/mol. The Bertz CT molecular complexity index is 206. The lowest BCUT2D eigenvalue weighted by Gasteiger charge is -2.32. The minimum absolute atomic E-state index is 0.0881. The van der Waals surface area contributed by atoms with Gasteiger partial charge < -0.3 is 9.64 Å². The molecule has 1 fully saturated rings. The molecule has 0 aromatic heterocycles. The van der Waals surface area contributed by atoms with Crippen LogP contribution in [0.25, 0.3) is 0 Å². The Morgan fingerprint density at radius 2 is 2.46 bits per heavy atom. The van der Waals surface area contributed by atoms with E-state index in [9.17, 15) is 4.79 Å². The van der Waals surface area contributed by atoms with E-state index in [4.69, 9.17) is 4.74 Å². The number of ether oxygens (including phenoxy) is 1. The van der Waals surface area contributed by atoms with Crippen molar-refractivity contribution in [2.75, 3.05) is 26.0 Å². The number of thioether (sulfide) groups is 1. The highest BCUT2D eigenvalue weighted by atomic mass is 32.2. The Morgan fingerprint density at radius 3 is 3.08 bits per heavy atom. The van der Waals surface area contributed by atoms with Gasteiger partial charge in [0, 0.05) is 12.6 Å². The van der Waals surface area contributed by atoms with Crippen LogP contribution >= 0.6 is 11.8 Å². The first-order valence-corrected chi connectivity index (χ1v) is 5.62. The Labute approximate surface area is 83.1 Å². The zero-order valence-electron chi connectivity index (χ0n) is 8.03. The lowest BCUT2D eigenvalue weighted by Crippen LogP contribution is -2.46. The monoisotopic (exact) mass is 201 g/mol. The topological polar surface area (TPSA) is 29.5 Å². The first-order chi connectivity index (χ1) is 6.25. The summed E-state index contributed by atoms with van der Waals surface area (Å²) in [5, 5.41) is 1.81. The van der Waals surface area contributed by atoms with E-state index in [0.717, 1.165) is 0 Å². The maximum atomic E-state index is 11.5. The predicted octanol–water partition coefficient (Wildman–Crippen LogP) is 1.11. The molecule has 0 aliphatic carbocycles. The van der Waals surface area contributed by atoms with Crippen LogP contribution in [-0.4, -0.2) is 42.9 Å². The molecule has 0 unspecified atom stereocenters. The summed E-state index contributed by atoms with van der Waals surface area (Å²) >= 11 is 1.54. The van der Waals surface area contributed by atoms with E-state index in [2.05, 4.69) is 0 Å². The molecule has 13 heavy (non-hydrogen) atoms. The van der Waals surface area contributed by atoms with Crippen molar-refractivity contribution in [1.82, 2.24) is 4.90 Å². The van der Waals surface area contributed by atoms with E-state index in [1.54, 1.807) is 6.08 Å². The van der Waals surface area contributed by atoms with Crippen molar-refractivity contribution in [3.05, 3.63) is 11.5 Å². The molecule has 1 amide bonds. The smallest absolute Gasteiger partial charge is 0.247 e. The zero-order chi connectivity index (χ0) is 9.68. The van der Waals surface area contributed by atoms with Gasteiger partial charge in [0.15, 0.2) is 0 Å². The molecule has 1 aliphatic rings. The third kappa shape index (κ3) is 3.04. The summed E-state index contributed by atoms with van der Waals surface area (Å²) in [6.07, 6.45) is 3.55. The highest BCUT2D eigenvalue weighted by Gasteiger charge is 2.21. The molecule has 0 aromatic rings. The van der Waals surface area contributed by atoms with Crippen LogP contribution in [0, 0.1) is 0 Å². The van der Waals surface area contributed by atoms with Gasteiger partial charge in [-0.2, -0.15) is 0 Å². The van der Waals surface area contributed by atoms with Gasteiger partial charge in [-0.3, -0.25) is 4.79 Å². The molecular formula is C9H15NO2S. The van der Waals surface area contributed by atoms with Crippen molar-refractivity contribution in [1.29, 1.82) is 0 Å². The number of hydrogen-bond donors (Lipinski definition) is 0. The van der Waals surface area contributed by atoms with Crippen LogP contribution in [0.4, 0.5) is 0 Å². The van der Waals surface area contributed by atoms with E-state index < -0.39 is 0 Å². The number of hydrogen-bond acceptors (Lipinski definition) is 3. The second-order valence-corrected chi connectivity index (χ2v) is 3.74. The van der Waals surface area contributed by atoms with Gasteiger partial charge in [-0.25, -0.2) is 0 Å². The molecule has 0 spiro atoms. The molecule has 1 atom stereocenters. The minimum atomic E-state index is 0.0881. The second-order valence-electron chi connectivity index (χ2n) is 2.99. The fraction of sp³-hybridized carbons (Fsp3) is 0.667. The van der Waals surface area contributed by atoms with Gasteiger partial charge in [-0.1, -0.05) is 0 Å². The Balaban J connectivity index is 2.48. The van der Waals surface area contributed by atoms with Crippen LogP contribution in [0.1, 0.15) is 6.92 Å². The molecule has 0 N–H and O–H groups in total. The number of amides is 1. The number of carbonyl (C=O) groups is 1. The van der Waals surface area contributed by atoms with Crippen LogP contribution in [0.3, 0.4) is 0 Å². The summed E-state index contributed by atoms with van der Waals surface area (Å²) in [5.41, 5.74) is 0. The zero-order valence-corrected chi connectivity index (χ0v) is 8.84. The van der Waals surface area contributed by atoms with Crippen LogP contribution in [0.15, 0.2) is 11.5 Å². The summed E-state index contributed by atoms with van der Waals surface area (Å²) in [7, 11) is 0. The second kappa shape index (κ2) is 5.29. The first-order valence-electron chi connectivity index (χ1n) is 4.33. The number of nitrogens with zero attached hydrogens (tertiary/aromatic N) is 1. The van der Waals surface area contributed by atoms with Gasteiger partial charge in [0.2, 0.25) is 5.91 Å². The largest absolute Gasteiger partial charge is 0.377 e. The van der Waals surface area contributed by atoms with Gasteiger partial charge in [-0.05, 0) is 18.6 Å². The summed E-state index contributed by atoms with van der Waals surface area (Å²) in [4.78, 5) is 13.4. The Morgan fingerprint density at radius 1 is 1.69 bits per heavy atom. The van der Waals surface area contributed by atoms with Crippen molar-refractivity contribution in [2.45, 2.75) is 13.0 Å². The summed E-state index contributed by atoms with van der Waals surface area (Å²) in [6.45, 7) is 4.02. The molecule has 4 heteroatoms. The fourth-order valence-electron chi connectivity index (χ4n) is 1.28. The summed E-state index contributed by atoms with van der Waals surface area (Å²) in [5.74, 6) is 0.0881. The Kier molecular flexibility index (Phi) is 4.32. The molecule has 0 bridgehead atoms.